The molecule has 1 aromatic rings. The van der Waals surface area contributed by atoms with Gasteiger partial charge in [0, 0.05) is 6.42 Å². The third kappa shape index (κ3) is 3.45. The van der Waals surface area contributed by atoms with Crippen molar-refractivity contribution in [2.45, 2.75) is 12.5 Å². The van der Waals surface area contributed by atoms with Crippen LogP contribution in [0.2, 0.25) is 0 Å². The molecule has 0 saturated heterocycles. The lowest BCUT2D eigenvalue weighted by Gasteiger charge is -2.12. The number of benzene rings is 1. The average Bonchev–Trinajstić information content (AvgIpc) is 2.13. The first-order valence-corrected chi connectivity index (χ1v) is 6.13. The molecule has 0 bridgehead atoms. The predicted octanol–water partition coefficient (Wildman–Crippen LogP) is 0.255. The lowest BCUT2D eigenvalue weighted by molar-refractivity contribution is -0.314. The molecule has 2 N–H and O–H groups in total. The molecule has 1 rings (SSSR count). The Morgan fingerprint density at radius 2 is 1.87 bits per heavy atom. The standard InChI is InChI=1S/C9H8I2O4/c10-5-1-4(2-6(11)8(5)13)3-7(12)9(14)15/h1-2,7,12-13H,3H2,(H,14,15)/p-1. The molecule has 82 valence electrons. The molecule has 0 aliphatic carbocycles. The van der Waals surface area contributed by atoms with Crippen molar-refractivity contribution in [2.75, 3.05) is 0 Å². The van der Waals surface area contributed by atoms with E-state index in [9.17, 15) is 15.0 Å². The summed E-state index contributed by atoms with van der Waals surface area (Å²) >= 11 is 3.88. The van der Waals surface area contributed by atoms with Crippen LogP contribution in [0.4, 0.5) is 0 Å². The SMILES string of the molecule is O=C([O-])C(O)Cc1cc(I)c(O)c(I)c1. The minimum absolute atomic E-state index is 0.0192. The first-order valence-electron chi connectivity index (χ1n) is 3.97. The van der Waals surface area contributed by atoms with Crippen LogP contribution in [-0.2, 0) is 11.2 Å². The number of aliphatic hydroxyl groups excluding tert-OH is 1. The number of carboxylic acids is 1. The van der Waals surface area contributed by atoms with Crippen molar-refractivity contribution in [3.05, 3.63) is 24.8 Å². The summed E-state index contributed by atoms with van der Waals surface area (Å²) in [4.78, 5) is 10.3. The number of carboxylic acid groups (broad SMARTS) is 1. The van der Waals surface area contributed by atoms with Crippen molar-refractivity contribution < 1.29 is 20.1 Å². The second-order valence-corrected chi connectivity index (χ2v) is 5.27. The molecule has 1 aromatic carbocycles. The Labute approximate surface area is 114 Å². The Kier molecular flexibility index (Phi) is 4.59. The summed E-state index contributed by atoms with van der Waals surface area (Å²) in [5.41, 5.74) is 0.651. The summed E-state index contributed by atoms with van der Waals surface area (Å²) < 4.78 is 1.25. The molecule has 0 fully saturated rings. The van der Waals surface area contributed by atoms with E-state index in [4.69, 9.17) is 5.11 Å². The van der Waals surface area contributed by atoms with Crippen molar-refractivity contribution in [2.24, 2.45) is 0 Å². The highest BCUT2D eigenvalue weighted by atomic mass is 127. The summed E-state index contributed by atoms with van der Waals surface area (Å²) in [6.45, 7) is 0. The van der Waals surface area contributed by atoms with Crippen molar-refractivity contribution in [3.8, 4) is 5.75 Å². The zero-order chi connectivity index (χ0) is 11.6. The number of rotatable bonds is 3. The fourth-order valence-corrected chi connectivity index (χ4v) is 2.94. The number of aliphatic carboxylic acids is 1. The van der Waals surface area contributed by atoms with Gasteiger partial charge in [-0.05, 0) is 62.9 Å². The van der Waals surface area contributed by atoms with E-state index in [1.807, 2.05) is 45.2 Å². The van der Waals surface area contributed by atoms with Crippen LogP contribution < -0.4 is 5.11 Å². The quantitative estimate of drug-likeness (QED) is 0.671. The minimum atomic E-state index is -1.51. The zero-order valence-electron chi connectivity index (χ0n) is 7.41. The molecule has 15 heavy (non-hydrogen) atoms. The zero-order valence-corrected chi connectivity index (χ0v) is 11.7. The van der Waals surface area contributed by atoms with Gasteiger partial charge in [0.05, 0.1) is 19.2 Å². The Morgan fingerprint density at radius 3 is 2.27 bits per heavy atom. The van der Waals surface area contributed by atoms with E-state index in [0.717, 1.165) is 0 Å². The fraction of sp³-hybridized carbons (Fsp3) is 0.222. The van der Waals surface area contributed by atoms with E-state index in [1.165, 1.54) is 0 Å². The van der Waals surface area contributed by atoms with Gasteiger partial charge in [0.15, 0.2) is 0 Å². The topological polar surface area (TPSA) is 80.6 Å². The molecule has 0 aliphatic heterocycles. The number of carbonyl (C=O) groups excluding carboxylic acids is 1. The van der Waals surface area contributed by atoms with E-state index in [1.54, 1.807) is 12.1 Å². The normalized spacial score (nSPS) is 12.5. The van der Waals surface area contributed by atoms with E-state index in [2.05, 4.69) is 0 Å². The molecular weight excluding hydrogens is 426 g/mol. The largest absolute Gasteiger partial charge is 0.547 e. The van der Waals surface area contributed by atoms with Crippen LogP contribution in [0.3, 0.4) is 0 Å². The van der Waals surface area contributed by atoms with Crippen LogP contribution in [-0.4, -0.2) is 22.3 Å². The number of phenols is 1. The van der Waals surface area contributed by atoms with E-state index >= 15 is 0 Å². The first-order chi connectivity index (χ1) is 6.91. The summed E-state index contributed by atoms with van der Waals surface area (Å²) in [5, 5.41) is 28.9. The number of hydrogen-bond acceptors (Lipinski definition) is 4. The molecule has 4 nitrogen and oxygen atoms in total. The maximum atomic E-state index is 10.3. The van der Waals surface area contributed by atoms with Crippen molar-refractivity contribution in [1.29, 1.82) is 0 Å². The maximum absolute atomic E-state index is 10.3. The van der Waals surface area contributed by atoms with Crippen LogP contribution in [0.15, 0.2) is 12.1 Å². The first kappa shape index (κ1) is 13.0. The van der Waals surface area contributed by atoms with Crippen molar-refractivity contribution in [3.63, 3.8) is 0 Å². The van der Waals surface area contributed by atoms with Gasteiger partial charge in [-0.1, -0.05) is 0 Å². The molecule has 0 aliphatic rings. The van der Waals surface area contributed by atoms with E-state index < -0.39 is 12.1 Å². The van der Waals surface area contributed by atoms with Gasteiger partial charge in [0.1, 0.15) is 5.75 Å². The van der Waals surface area contributed by atoms with Crippen LogP contribution in [0.1, 0.15) is 5.56 Å². The molecule has 0 amide bonds. The van der Waals surface area contributed by atoms with Crippen molar-refractivity contribution >= 4 is 51.2 Å². The lowest BCUT2D eigenvalue weighted by Crippen LogP contribution is -2.36. The average molecular weight is 433 g/mol. The summed E-state index contributed by atoms with van der Waals surface area (Å²) in [6, 6.07) is 3.26. The van der Waals surface area contributed by atoms with Gasteiger partial charge in [-0.15, -0.1) is 0 Å². The number of phenolic OH excluding ortho intramolecular Hbond substituents is 1. The van der Waals surface area contributed by atoms with E-state index in [-0.39, 0.29) is 12.2 Å². The second kappa shape index (κ2) is 5.30. The van der Waals surface area contributed by atoms with Gasteiger partial charge in [-0.3, -0.25) is 0 Å². The molecule has 6 heteroatoms. The van der Waals surface area contributed by atoms with Crippen LogP contribution in [0.25, 0.3) is 0 Å². The molecular formula is C9H7I2O4-. The van der Waals surface area contributed by atoms with Crippen molar-refractivity contribution in [1.82, 2.24) is 0 Å². The van der Waals surface area contributed by atoms with Gasteiger partial charge >= 0.3 is 0 Å². The maximum Gasteiger partial charge on any atom is 0.142 e. The molecule has 1 atom stereocenters. The summed E-state index contributed by atoms with van der Waals surface area (Å²) in [7, 11) is 0. The lowest BCUT2D eigenvalue weighted by atomic mass is 10.1. The number of hydrogen-bond donors (Lipinski definition) is 2. The van der Waals surface area contributed by atoms with Gasteiger partial charge in [0.25, 0.3) is 0 Å². The highest BCUT2D eigenvalue weighted by Crippen LogP contribution is 2.27. The van der Waals surface area contributed by atoms with Gasteiger partial charge in [-0.2, -0.15) is 0 Å². The minimum Gasteiger partial charge on any atom is -0.547 e. The monoisotopic (exact) mass is 433 g/mol. The number of halogens is 2. The highest BCUT2D eigenvalue weighted by Gasteiger charge is 2.10. The molecule has 0 heterocycles. The molecule has 0 radical (unpaired) electrons. The smallest absolute Gasteiger partial charge is 0.142 e. The molecule has 0 spiro atoms. The third-order valence-electron chi connectivity index (χ3n) is 1.78. The Balaban J connectivity index is 2.92. The van der Waals surface area contributed by atoms with Gasteiger partial charge in [0.2, 0.25) is 0 Å². The number of aromatic hydroxyl groups is 1. The highest BCUT2D eigenvalue weighted by molar-refractivity contribution is 14.1. The summed E-state index contributed by atoms with van der Waals surface area (Å²) in [5.74, 6) is -1.32. The van der Waals surface area contributed by atoms with Crippen LogP contribution in [0.5, 0.6) is 5.75 Å². The third-order valence-corrected chi connectivity index (χ3v) is 3.42. The van der Waals surface area contributed by atoms with Gasteiger partial charge in [-0.25, -0.2) is 0 Å². The van der Waals surface area contributed by atoms with E-state index in [0.29, 0.717) is 12.7 Å². The Bertz CT molecular complexity index is 369. The van der Waals surface area contributed by atoms with Crippen LogP contribution >= 0.6 is 45.2 Å². The molecule has 0 saturated carbocycles. The number of carbonyl (C=O) groups is 1. The number of aliphatic hydroxyl groups is 1. The van der Waals surface area contributed by atoms with Gasteiger partial charge < -0.3 is 20.1 Å². The summed E-state index contributed by atoms with van der Waals surface area (Å²) in [6.07, 6.45) is -1.53. The molecule has 0 aromatic heterocycles. The Hall–Kier alpha value is -0.0900. The Morgan fingerprint density at radius 1 is 1.40 bits per heavy atom. The van der Waals surface area contributed by atoms with Crippen LogP contribution in [0, 0.1) is 7.14 Å². The predicted molar refractivity (Wildman–Crippen MR) is 68.3 cm³/mol. The fourth-order valence-electron chi connectivity index (χ4n) is 1.04. The second-order valence-electron chi connectivity index (χ2n) is 2.95. The molecule has 1 unspecified atom stereocenters.